The number of likely N-dealkylation sites (tertiary alicyclic amines) is 1. The summed E-state index contributed by atoms with van der Waals surface area (Å²) in [6.45, 7) is 5.06. The summed E-state index contributed by atoms with van der Waals surface area (Å²) < 4.78 is 0. The lowest BCUT2D eigenvalue weighted by atomic mass is 9.75. The zero-order chi connectivity index (χ0) is 14.7. The summed E-state index contributed by atoms with van der Waals surface area (Å²) in [6.07, 6.45) is 5.64. The van der Waals surface area contributed by atoms with Crippen LogP contribution >= 0.6 is 12.4 Å². The minimum atomic E-state index is 0. The monoisotopic (exact) mass is 322 g/mol. The van der Waals surface area contributed by atoms with Crippen molar-refractivity contribution >= 4 is 18.3 Å². The molecule has 0 radical (unpaired) electrons. The number of halogens is 1. The molecular weight excluding hydrogens is 296 g/mol. The quantitative estimate of drug-likeness (QED) is 0.907. The van der Waals surface area contributed by atoms with Crippen LogP contribution in [-0.4, -0.2) is 36.5 Å². The number of nitrogens with zero attached hydrogens (tertiary/aromatic N) is 1. The lowest BCUT2D eigenvalue weighted by Gasteiger charge is -2.42. The Labute approximate surface area is 139 Å². The molecule has 3 rings (SSSR count). The first kappa shape index (κ1) is 17.3. The first-order chi connectivity index (χ1) is 10.2. The van der Waals surface area contributed by atoms with E-state index in [9.17, 15) is 4.79 Å². The molecule has 1 aromatic rings. The summed E-state index contributed by atoms with van der Waals surface area (Å²) in [7, 11) is 0. The van der Waals surface area contributed by atoms with Crippen molar-refractivity contribution in [1.29, 1.82) is 0 Å². The van der Waals surface area contributed by atoms with Crippen molar-refractivity contribution in [2.45, 2.75) is 50.5 Å². The van der Waals surface area contributed by atoms with Gasteiger partial charge in [0.1, 0.15) is 0 Å². The average Bonchev–Trinajstić information content (AvgIpc) is 2.56. The van der Waals surface area contributed by atoms with E-state index < -0.39 is 0 Å². The Kier molecular flexibility index (Phi) is 5.87. The van der Waals surface area contributed by atoms with Crippen LogP contribution in [0.5, 0.6) is 0 Å². The second-order valence-electron chi connectivity index (χ2n) is 6.79. The number of carbonyl (C=O) groups is 1. The van der Waals surface area contributed by atoms with Crippen LogP contribution in [0.3, 0.4) is 0 Å². The molecule has 4 heteroatoms. The maximum atomic E-state index is 12.7. The molecule has 0 aliphatic carbocycles. The SMILES string of the molecule is CC1(c2ccccc2)CCCN(C(=O)C2CCCCN2)C1.Cl. The lowest BCUT2D eigenvalue weighted by Crippen LogP contribution is -2.54. The van der Waals surface area contributed by atoms with Crippen LogP contribution in [0.25, 0.3) is 0 Å². The summed E-state index contributed by atoms with van der Waals surface area (Å²) in [6, 6.07) is 10.7. The van der Waals surface area contributed by atoms with Crippen LogP contribution < -0.4 is 5.32 Å². The highest BCUT2D eigenvalue weighted by Gasteiger charge is 2.36. The molecule has 0 saturated carbocycles. The second-order valence-corrected chi connectivity index (χ2v) is 6.79. The molecule has 1 aromatic carbocycles. The number of amides is 1. The van der Waals surface area contributed by atoms with Crippen LogP contribution in [-0.2, 0) is 10.2 Å². The van der Waals surface area contributed by atoms with Crippen molar-refractivity contribution in [3.63, 3.8) is 0 Å². The summed E-state index contributed by atoms with van der Waals surface area (Å²) >= 11 is 0. The number of hydrogen-bond acceptors (Lipinski definition) is 2. The van der Waals surface area contributed by atoms with Crippen molar-refractivity contribution in [2.24, 2.45) is 0 Å². The number of nitrogens with one attached hydrogen (secondary N) is 1. The van der Waals surface area contributed by atoms with Gasteiger partial charge in [-0.3, -0.25) is 4.79 Å². The van der Waals surface area contributed by atoms with Gasteiger partial charge < -0.3 is 10.2 Å². The number of benzene rings is 1. The maximum Gasteiger partial charge on any atom is 0.239 e. The van der Waals surface area contributed by atoms with Gasteiger partial charge in [0, 0.05) is 18.5 Å². The molecule has 2 unspecified atom stereocenters. The fourth-order valence-corrected chi connectivity index (χ4v) is 3.79. The van der Waals surface area contributed by atoms with E-state index in [-0.39, 0.29) is 23.9 Å². The van der Waals surface area contributed by atoms with E-state index in [1.54, 1.807) is 0 Å². The van der Waals surface area contributed by atoms with Crippen LogP contribution in [0.15, 0.2) is 30.3 Å². The van der Waals surface area contributed by atoms with Crippen LogP contribution in [0.4, 0.5) is 0 Å². The predicted octanol–water partition coefficient (Wildman–Crippen LogP) is 3.13. The first-order valence-corrected chi connectivity index (χ1v) is 8.27. The fraction of sp³-hybridized carbons (Fsp3) is 0.611. The second kappa shape index (κ2) is 7.47. The molecule has 0 spiro atoms. The molecule has 0 bridgehead atoms. The van der Waals surface area contributed by atoms with Gasteiger partial charge in [0.25, 0.3) is 0 Å². The Bertz CT molecular complexity index is 487. The van der Waals surface area contributed by atoms with Gasteiger partial charge in [-0.05, 0) is 37.8 Å². The smallest absolute Gasteiger partial charge is 0.239 e. The summed E-state index contributed by atoms with van der Waals surface area (Å²) in [5.74, 6) is 0.316. The molecular formula is C18H27ClN2O. The van der Waals surface area contributed by atoms with Crippen molar-refractivity contribution in [3.05, 3.63) is 35.9 Å². The average molecular weight is 323 g/mol. The third kappa shape index (κ3) is 3.64. The third-order valence-electron chi connectivity index (χ3n) is 5.09. The molecule has 122 valence electrons. The van der Waals surface area contributed by atoms with E-state index in [1.165, 1.54) is 24.8 Å². The van der Waals surface area contributed by atoms with Crippen LogP contribution in [0, 0.1) is 0 Å². The minimum Gasteiger partial charge on any atom is -0.340 e. The van der Waals surface area contributed by atoms with E-state index in [4.69, 9.17) is 0 Å². The molecule has 22 heavy (non-hydrogen) atoms. The zero-order valence-corrected chi connectivity index (χ0v) is 14.2. The molecule has 2 aliphatic heterocycles. The molecule has 1 N–H and O–H groups in total. The number of hydrogen-bond donors (Lipinski definition) is 1. The summed E-state index contributed by atoms with van der Waals surface area (Å²) in [5, 5.41) is 3.39. The number of rotatable bonds is 2. The topological polar surface area (TPSA) is 32.3 Å². The predicted molar refractivity (Wildman–Crippen MR) is 92.5 cm³/mol. The van der Waals surface area contributed by atoms with Crippen molar-refractivity contribution in [2.75, 3.05) is 19.6 Å². The normalized spacial score (nSPS) is 28.8. The lowest BCUT2D eigenvalue weighted by molar-refractivity contribution is -0.136. The maximum absolute atomic E-state index is 12.7. The van der Waals surface area contributed by atoms with Gasteiger partial charge in [-0.2, -0.15) is 0 Å². The largest absolute Gasteiger partial charge is 0.340 e. The number of piperidine rings is 2. The standard InChI is InChI=1S/C18H26N2O.ClH/c1-18(15-8-3-2-4-9-15)11-7-13-20(14-18)17(21)16-10-5-6-12-19-16;/h2-4,8-9,16,19H,5-7,10-14H2,1H3;1H. The molecule has 2 saturated heterocycles. The van der Waals surface area contributed by atoms with E-state index >= 15 is 0 Å². The van der Waals surface area contributed by atoms with Gasteiger partial charge in [0.05, 0.1) is 6.04 Å². The first-order valence-electron chi connectivity index (χ1n) is 8.27. The molecule has 2 atom stereocenters. The zero-order valence-electron chi connectivity index (χ0n) is 13.4. The Morgan fingerprint density at radius 1 is 1.23 bits per heavy atom. The Hall–Kier alpha value is -1.06. The molecule has 2 heterocycles. The van der Waals surface area contributed by atoms with Crippen molar-refractivity contribution in [3.8, 4) is 0 Å². The number of carbonyl (C=O) groups excluding carboxylic acids is 1. The van der Waals surface area contributed by atoms with Gasteiger partial charge in [-0.1, -0.05) is 43.7 Å². The highest BCUT2D eigenvalue weighted by molar-refractivity contribution is 5.85. The van der Waals surface area contributed by atoms with Gasteiger partial charge in [0.15, 0.2) is 0 Å². The highest BCUT2D eigenvalue weighted by atomic mass is 35.5. The van der Waals surface area contributed by atoms with Gasteiger partial charge >= 0.3 is 0 Å². The molecule has 0 aromatic heterocycles. The third-order valence-corrected chi connectivity index (χ3v) is 5.09. The van der Waals surface area contributed by atoms with E-state index in [0.29, 0.717) is 5.91 Å². The molecule has 1 amide bonds. The fourth-order valence-electron chi connectivity index (χ4n) is 3.79. The van der Waals surface area contributed by atoms with Crippen molar-refractivity contribution in [1.82, 2.24) is 10.2 Å². The van der Waals surface area contributed by atoms with Gasteiger partial charge in [0.2, 0.25) is 5.91 Å². The van der Waals surface area contributed by atoms with Crippen LogP contribution in [0.1, 0.15) is 44.6 Å². The van der Waals surface area contributed by atoms with Crippen molar-refractivity contribution < 1.29 is 4.79 Å². The minimum absolute atomic E-state index is 0. The highest BCUT2D eigenvalue weighted by Crippen LogP contribution is 2.34. The molecule has 3 nitrogen and oxygen atoms in total. The van der Waals surface area contributed by atoms with E-state index in [2.05, 4.69) is 47.5 Å². The van der Waals surface area contributed by atoms with Crippen LogP contribution in [0.2, 0.25) is 0 Å². The summed E-state index contributed by atoms with van der Waals surface area (Å²) in [4.78, 5) is 14.8. The van der Waals surface area contributed by atoms with E-state index in [1.807, 2.05) is 0 Å². The molecule has 2 fully saturated rings. The van der Waals surface area contributed by atoms with Gasteiger partial charge in [-0.15, -0.1) is 12.4 Å². The van der Waals surface area contributed by atoms with Gasteiger partial charge in [-0.25, -0.2) is 0 Å². The Morgan fingerprint density at radius 3 is 2.68 bits per heavy atom. The summed E-state index contributed by atoms with van der Waals surface area (Å²) in [5.41, 5.74) is 1.46. The Morgan fingerprint density at radius 2 is 2.00 bits per heavy atom. The molecule has 2 aliphatic rings. The van der Waals surface area contributed by atoms with E-state index in [0.717, 1.165) is 32.5 Å². The Balaban J connectivity index is 0.00000176.